The molecule has 0 saturated carbocycles. The predicted molar refractivity (Wildman–Crippen MR) is 79.9 cm³/mol. The van der Waals surface area contributed by atoms with Gasteiger partial charge in [-0.3, -0.25) is 0 Å². The number of rotatable bonds is 6. The van der Waals surface area contributed by atoms with Crippen molar-refractivity contribution in [3.63, 3.8) is 0 Å². The van der Waals surface area contributed by atoms with E-state index in [1.807, 2.05) is 12.3 Å². The van der Waals surface area contributed by atoms with Crippen LogP contribution in [0, 0.1) is 0 Å². The minimum absolute atomic E-state index is 0.394. The molecule has 1 atom stereocenters. The van der Waals surface area contributed by atoms with Crippen LogP contribution in [-0.4, -0.2) is 16.3 Å². The number of hydrogen-bond donors (Lipinski definition) is 1. The van der Waals surface area contributed by atoms with Gasteiger partial charge in [0.1, 0.15) is 0 Å². The maximum absolute atomic E-state index is 5.91. The highest BCUT2D eigenvalue weighted by Crippen LogP contribution is 2.20. The molecular weight excluding hydrogens is 258 g/mol. The highest BCUT2D eigenvalue weighted by Gasteiger charge is 2.09. The van der Waals surface area contributed by atoms with Gasteiger partial charge in [-0.25, -0.2) is 4.68 Å². The van der Waals surface area contributed by atoms with Crippen LogP contribution in [0.25, 0.3) is 5.69 Å². The average Bonchev–Trinajstić information content (AvgIpc) is 2.87. The maximum atomic E-state index is 5.91. The van der Waals surface area contributed by atoms with E-state index in [2.05, 4.69) is 42.5 Å². The van der Waals surface area contributed by atoms with E-state index in [4.69, 9.17) is 11.6 Å². The number of nitrogens with zero attached hydrogens (tertiary/aromatic N) is 2. The zero-order valence-corrected chi connectivity index (χ0v) is 12.2. The molecule has 1 N–H and O–H groups in total. The van der Waals surface area contributed by atoms with Gasteiger partial charge in [0.15, 0.2) is 0 Å². The first-order valence-electron chi connectivity index (χ1n) is 6.78. The van der Waals surface area contributed by atoms with Gasteiger partial charge < -0.3 is 5.32 Å². The first-order chi connectivity index (χ1) is 9.24. The third-order valence-electron chi connectivity index (χ3n) is 3.14. The molecule has 1 unspecified atom stereocenters. The van der Waals surface area contributed by atoms with Crippen LogP contribution in [0.5, 0.6) is 0 Å². The summed E-state index contributed by atoms with van der Waals surface area (Å²) in [5.74, 6) is 0. The lowest BCUT2D eigenvalue weighted by Crippen LogP contribution is -2.21. The standard InChI is InChI=1S/C15H20ClN3/c1-3-8-17-15(4-2)12-6-5-7-14(9-12)19-11-13(16)10-18-19/h5-7,9-11,15,17H,3-4,8H2,1-2H3. The lowest BCUT2D eigenvalue weighted by molar-refractivity contribution is 0.518. The Labute approximate surface area is 119 Å². The van der Waals surface area contributed by atoms with Crippen LogP contribution < -0.4 is 5.32 Å². The molecule has 102 valence electrons. The molecule has 0 radical (unpaired) electrons. The molecule has 0 saturated heterocycles. The number of halogens is 1. The first-order valence-corrected chi connectivity index (χ1v) is 7.16. The zero-order chi connectivity index (χ0) is 13.7. The predicted octanol–water partition coefficient (Wildman–Crippen LogP) is 3.98. The molecule has 3 nitrogen and oxygen atoms in total. The van der Waals surface area contributed by atoms with Gasteiger partial charge in [0.05, 0.1) is 16.9 Å². The Hall–Kier alpha value is -1.32. The molecule has 2 aromatic rings. The molecule has 0 fully saturated rings. The normalized spacial score (nSPS) is 12.6. The van der Waals surface area contributed by atoms with Crippen LogP contribution in [0.15, 0.2) is 36.7 Å². The van der Waals surface area contributed by atoms with Crippen molar-refractivity contribution in [3.8, 4) is 5.69 Å². The molecule has 0 aliphatic heterocycles. The fourth-order valence-electron chi connectivity index (χ4n) is 2.14. The minimum Gasteiger partial charge on any atom is -0.310 e. The lowest BCUT2D eigenvalue weighted by Gasteiger charge is -2.17. The van der Waals surface area contributed by atoms with Gasteiger partial charge in [-0.1, -0.05) is 37.6 Å². The van der Waals surface area contributed by atoms with E-state index in [9.17, 15) is 0 Å². The fraction of sp³-hybridized carbons (Fsp3) is 0.400. The monoisotopic (exact) mass is 277 g/mol. The molecule has 0 aliphatic carbocycles. The van der Waals surface area contributed by atoms with Gasteiger partial charge in [-0.05, 0) is 37.1 Å². The number of aromatic nitrogens is 2. The van der Waals surface area contributed by atoms with Crippen molar-refractivity contribution in [1.29, 1.82) is 0 Å². The summed E-state index contributed by atoms with van der Waals surface area (Å²) in [5.41, 5.74) is 2.33. The van der Waals surface area contributed by atoms with E-state index in [-0.39, 0.29) is 0 Å². The Morgan fingerprint density at radius 2 is 2.21 bits per heavy atom. The van der Waals surface area contributed by atoms with Gasteiger partial charge in [0, 0.05) is 12.2 Å². The molecule has 0 spiro atoms. The Kier molecular flexibility index (Phi) is 5.00. The third-order valence-corrected chi connectivity index (χ3v) is 3.33. The van der Waals surface area contributed by atoms with Crippen molar-refractivity contribution < 1.29 is 0 Å². The summed E-state index contributed by atoms with van der Waals surface area (Å²) in [6.45, 7) is 5.42. The van der Waals surface area contributed by atoms with Gasteiger partial charge in [-0.2, -0.15) is 5.10 Å². The zero-order valence-electron chi connectivity index (χ0n) is 11.4. The number of hydrogen-bond acceptors (Lipinski definition) is 2. The largest absolute Gasteiger partial charge is 0.310 e. The molecule has 2 rings (SSSR count). The molecule has 19 heavy (non-hydrogen) atoms. The first kappa shape index (κ1) is 14.1. The summed E-state index contributed by atoms with van der Waals surface area (Å²) in [6, 6.07) is 8.83. The van der Waals surface area contributed by atoms with Crippen molar-refractivity contribution >= 4 is 11.6 Å². The van der Waals surface area contributed by atoms with Crippen LogP contribution in [0.1, 0.15) is 38.3 Å². The molecular formula is C15H20ClN3. The van der Waals surface area contributed by atoms with Gasteiger partial charge in [-0.15, -0.1) is 0 Å². The molecule has 0 amide bonds. The summed E-state index contributed by atoms with van der Waals surface area (Å²) >= 11 is 5.91. The Morgan fingerprint density at radius 1 is 1.37 bits per heavy atom. The van der Waals surface area contributed by atoms with Gasteiger partial charge in [0.25, 0.3) is 0 Å². The summed E-state index contributed by atoms with van der Waals surface area (Å²) in [4.78, 5) is 0. The van der Waals surface area contributed by atoms with Crippen LogP contribution in [0.2, 0.25) is 5.02 Å². The smallest absolute Gasteiger partial charge is 0.0790 e. The summed E-state index contributed by atoms with van der Waals surface area (Å²) in [6.07, 6.45) is 5.69. The second-order valence-electron chi connectivity index (χ2n) is 4.61. The minimum atomic E-state index is 0.394. The molecule has 1 heterocycles. The van der Waals surface area contributed by atoms with Crippen molar-refractivity contribution in [2.75, 3.05) is 6.54 Å². The van der Waals surface area contributed by atoms with Gasteiger partial charge in [0.2, 0.25) is 0 Å². The maximum Gasteiger partial charge on any atom is 0.0790 e. The average molecular weight is 278 g/mol. The van der Waals surface area contributed by atoms with Crippen molar-refractivity contribution in [2.45, 2.75) is 32.7 Å². The molecule has 1 aromatic heterocycles. The SMILES string of the molecule is CCCNC(CC)c1cccc(-n2cc(Cl)cn2)c1. The number of benzene rings is 1. The highest BCUT2D eigenvalue weighted by molar-refractivity contribution is 6.30. The Bertz CT molecular complexity index is 522. The summed E-state index contributed by atoms with van der Waals surface area (Å²) in [7, 11) is 0. The molecule has 0 bridgehead atoms. The quantitative estimate of drug-likeness (QED) is 0.866. The third kappa shape index (κ3) is 3.58. The molecule has 4 heteroatoms. The van der Waals surface area contributed by atoms with E-state index in [1.165, 1.54) is 5.56 Å². The lowest BCUT2D eigenvalue weighted by atomic mass is 10.0. The van der Waals surface area contributed by atoms with Gasteiger partial charge >= 0.3 is 0 Å². The van der Waals surface area contributed by atoms with Crippen LogP contribution in [-0.2, 0) is 0 Å². The van der Waals surface area contributed by atoms with E-state index in [0.29, 0.717) is 11.1 Å². The van der Waals surface area contributed by atoms with E-state index < -0.39 is 0 Å². The summed E-state index contributed by atoms with van der Waals surface area (Å²) < 4.78 is 1.80. The Balaban J connectivity index is 2.22. The summed E-state index contributed by atoms with van der Waals surface area (Å²) in [5, 5.41) is 8.46. The van der Waals surface area contributed by atoms with Crippen molar-refractivity contribution in [2.24, 2.45) is 0 Å². The van der Waals surface area contributed by atoms with Crippen molar-refractivity contribution in [1.82, 2.24) is 15.1 Å². The van der Waals surface area contributed by atoms with E-state index in [1.54, 1.807) is 10.9 Å². The highest BCUT2D eigenvalue weighted by atomic mass is 35.5. The topological polar surface area (TPSA) is 29.9 Å². The van der Waals surface area contributed by atoms with Crippen LogP contribution >= 0.6 is 11.6 Å². The second-order valence-corrected chi connectivity index (χ2v) is 5.05. The second kappa shape index (κ2) is 6.73. The molecule has 0 aliphatic rings. The van der Waals surface area contributed by atoms with E-state index in [0.717, 1.165) is 25.1 Å². The molecule has 1 aromatic carbocycles. The fourth-order valence-corrected chi connectivity index (χ4v) is 2.28. The van der Waals surface area contributed by atoms with Crippen LogP contribution in [0.4, 0.5) is 0 Å². The Morgan fingerprint density at radius 3 is 2.84 bits per heavy atom. The van der Waals surface area contributed by atoms with Crippen molar-refractivity contribution in [3.05, 3.63) is 47.2 Å². The van der Waals surface area contributed by atoms with E-state index >= 15 is 0 Å². The van der Waals surface area contributed by atoms with Crippen LogP contribution in [0.3, 0.4) is 0 Å². The number of nitrogens with one attached hydrogen (secondary N) is 1.